The molecule has 0 saturated carbocycles. The molecule has 0 unspecified atom stereocenters. The zero-order valence-electron chi connectivity index (χ0n) is 11.4. The van der Waals surface area contributed by atoms with Gasteiger partial charge in [0.05, 0.1) is 0 Å². The smallest absolute Gasteiger partial charge is 0.185 e. The van der Waals surface area contributed by atoms with Gasteiger partial charge in [0.1, 0.15) is 5.75 Å². The van der Waals surface area contributed by atoms with E-state index in [4.69, 9.17) is 0 Å². The van der Waals surface area contributed by atoms with Crippen LogP contribution in [0.1, 0.15) is 15.9 Å². The summed E-state index contributed by atoms with van der Waals surface area (Å²) in [6.07, 6.45) is 3.17. The fraction of sp³-hybridized carbons (Fsp3) is 0. The van der Waals surface area contributed by atoms with E-state index in [2.05, 4.69) is 0 Å². The van der Waals surface area contributed by atoms with E-state index in [1.54, 1.807) is 24.3 Å². The van der Waals surface area contributed by atoms with E-state index in [0.717, 1.165) is 10.8 Å². The lowest BCUT2D eigenvalue weighted by Crippen LogP contribution is -1.93. The van der Waals surface area contributed by atoms with Gasteiger partial charge >= 0.3 is 0 Å². The van der Waals surface area contributed by atoms with Gasteiger partial charge in [-0.1, -0.05) is 60.7 Å². The van der Waals surface area contributed by atoms with Crippen molar-refractivity contribution in [2.45, 2.75) is 0 Å². The molecule has 0 aliphatic rings. The molecule has 1 N–H and O–H groups in total. The molecular formula is C19H14O2. The average molecular weight is 274 g/mol. The van der Waals surface area contributed by atoms with Crippen LogP contribution in [-0.4, -0.2) is 10.9 Å². The Balaban J connectivity index is 2.00. The molecule has 0 amide bonds. The number of carbonyl (C=O) groups excluding carboxylic acids is 1. The Morgan fingerprint density at radius 1 is 0.857 bits per heavy atom. The number of fused-ring (bicyclic) bond motifs is 1. The van der Waals surface area contributed by atoms with Crippen molar-refractivity contribution in [1.82, 2.24) is 0 Å². The molecule has 3 aromatic rings. The zero-order chi connectivity index (χ0) is 14.7. The molecule has 3 rings (SSSR count). The second kappa shape index (κ2) is 5.63. The summed E-state index contributed by atoms with van der Waals surface area (Å²) < 4.78 is 0. The van der Waals surface area contributed by atoms with Crippen LogP contribution in [0.25, 0.3) is 16.8 Å². The fourth-order valence-electron chi connectivity index (χ4n) is 2.32. The van der Waals surface area contributed by atoms with Gasteiger partial charge < -0.3 is 5.11 Å². The fourth-order valence-corrected chi connectivity index (χ4v) is 2.32. The lowest BCUT2D eigenvalue weighted by Gasteiger charge is -2.05. The Morgan fingerprint density at radius 2 is 1.57 bits per heavy atom. The minimum absolute atomic E-state index is 0.0806. The molecular weight excluding hydrogens is 260 g/mol. The third-order valence-corrected chi connectivity index (χ3v) is 3.41. The SMILES string of the molecule is O=C(/C=C\c1c(O)ccc2ccccc12)c1ccccc1. The molecule has 0 fully saturated rings. The van der Waals surface area contributed by atoms with Crippen molar-refractivity contribution in [3.05, 3.63) is 83.9 Å². The van der Waals surface area contributed by atoms with Crippen molar-refractivity contribution < 1.29 is 9.90 Å². The predicted molar refractivity (Wildman–Crippen MR) is 85.4 cm³/mol. The standard InChI is InChI=1S/C19H14O2/c20-18(15-7-2-1-3-8-15)13-11-17-16-9-5-4-6-14(16)10-12-19(17)21/h1-13,21H/b13-11-. The van der Waals surface area contributed by atoms with Gasteiger partial charge in [-0.15, -0.1) is 0 Å². The van der Waals surface area contributed by atoms with E-state index >= 15 is 0 Å². The van der Waals surface area contributed by atoms with Gasteiger partial charge in [-0.25, -0.2) is 0 Å². The molecule has 0 atom stereocenters. The number of rotatable bonds is 3. The molecule has 21 heavy (non-hydrogen) atoms. The topological polar surface area (TPSA) is 37.3 Å². The number of hydrogen-bond acceptors (Lipinski definition) is 2. The first-order valence-corrected chi connectivity index (χ1v) is 6.74. The van der Waals surface area contributed by atoms with Gasteiger partial charge in [-0.05, 0) is 29.0 Å². The highest BCUT2D eigenvalue weighted by Gasteiger charge is 2.05. The number of benzene rings is 3. The highest BCUT2D eigenvalue weighted by Crippen LogP contribution is 2.28. The maximum Gasteiger partial charge on any atom is 0.185 e. The second-order valence-electron chi connectivity index (χ2n) is 4.78. The lowest BCUT2D eigenvalue weighted by molar-refractivity contribution is 0.104. The quantitative estimate of drug-likeness (QED) is 0.566. The van der Waals surface area contributed by atoms with Crippen LogP contribution < -0.4 is 0 Å². The van der Waals surface area contributed by atoms with Crippen LogP contribution in [0.4, 0.5) is 0 Å². The maximum atomic E-state index is 12.1. The largest absolute Gasteiger partial charge is 0.507 e. The number of phenols is 1. The van der Waals surface area contributed by atoms with Crippen LogP contribution in [0.3, 0.4) is 0 Å². The number of allylic oxidation sites excluding steroid dienone is 1. The number of aromatic hydroxyl groups is 1. The maximum absolute atomic E-state index is 12.1. The molecule has 0 bridgehead atoms. The number of phenolic OH excluding ortho intramolecular Hbond substituents is 1. The highest BCUT2D eigenvalue weighted by molar-refractivity contribution is 6.08. The van der Waals surface area contributed by atoms with Crippen LogP contribution in [0.15, 0.2) is 72.8 Å². The lowest BCUT2D eigenvalue weighted by atomic mass is 10.0. The summed E-state index contributed by atoms with van der Waals surface area (Å²) >= 11 is 0. The van der Waals surface area contributed by atoms with Crippen molar-refractivity contribution in [2.75, 3.05) is 0 Å². The normalized spacial score (nSPS) is 11.0. The summed E-state index contributed by atoms with van der Waals surface area (Å²) in [6.45, 7) is 0. The molecule has 102 valence electrons. The highest BCUT2D eigenvalue weighted by atomic mass is 16.3. The Bertz CT molecular complexity index is 817. The Kier molecular flexibility index (Phi) is 3.52. The summed E-state index contributed by atoms with van der Waals surface area (Å²) in [5.41, 5.74) is 1.30. The Labute approximate surface area is 123 Å². The Morgan fingerprint density at radius 3 is 2.38 bits per heavy atom. The number of hydrogen-bond donors (Lipinski definition) is 1. The molecule has 2 heteroatoms. The van der Waals surface area contributed by atoms with Crippen LogP contribution in [-0.2, 0) is 0 Å². The third kappa shape index (κ3) is 2.70. The predicted octanol–water partition coefficient (Wildman–Crippen LogP) is 4.44. The first kappa shape index (κ1) is 13.1. The van der Waals surface area contributed by atoms with E-state index in [0.29, 0.717) is 11.1 Å². The van der Waals surface area contributed by atoms with Crippen LogP contribution >= 0.6 is 0 Å². The summed E-state index contributed by atoms with van der Waals surface area (Å²) in [7, 11) is 0. The van der Waals surface area contributed by atoms with Crippen LogP contribution in [0, 0.1) is 0 Å². The second-order valence-corrected chi connectivity index (χ2v) is 4.78. The molecule has 0 heterocycles. The van der Waals surface area contributed by atoms with E-state index < -0.39 is 0 Å². The number of ketones is 1. The van der Waals surface area contributed by atoms with Gasteiger partial charge in [0.25, 0.3) is 0 Å². The molecule has 3 aromatic carbocycles. The third-order valence-electron chi connectivity index (χ3n) is 3.41. The minimum Gasteiger partial charge on any atom is -0.507 e. The van der Waals surface area contributed by atoms with Crippen molar-refractivity contribution >= 4 is 22.6 Å². The van der Waals surface area contributed by atoms with Gasteiger partial charge in [-0.2, -0.15) is 0 Å². The molecule has 0 saturated heterocycles. The van der Waals surface area contributed by atoms with Gasteiger partial charge in [-0.3, -0.25) is 4.79 Å². The summed E-state index contributed by atoms with van der Waals surface area (Å²) in [5, 5.41) is 12.0. The number of carbonyl (C=O) groups is 1. The molecule has 0 radical (unpaired) electrons. The van der Waals surface area contributed by atoms with Gasteiger partial charge in [0.2, 0.25) is 0 Å². The van der Waals surface area contributed by atoms with Crippen molar-refractivity contribution in [3.63, 3.8) is 0 Å². The summed E-state index contributed by atoms with van der Waals surface area (Å²) in [5.74, 6) is 0.0914. The van der Waals surface area contributed by atoms with E-state index in [-0.39, 0.29) is 11.5 Å². The minimum atomic E-state index is -0.0806. The molecule has 0 aromatic heterocycles. The van der Waals surface area contributed by atoms with Gasteiger partial charge in [0, 0.05) is 11.1 Å². The Hall–Kier alpha value is -2.87. The van der Waals surface area contributed by atoms with E-state index in [9.17, 15) is 9.90 Å². The van der Waals surface area contributed by atoms with Crippen LogP contribution in [0.5, 0.6) is 5.75 Å². The molecule has 0 aliphatic carbocycles. The van der Waals surface area contributed by atoms with Gasteiger partial charge in [0.15, 0.2) is 5.78 Å². The van der Waals surface area contributed by atoms with Crippen molar-refractivity contribution in [1.29, 1.82) is 0 Å². The summed E-state index contributed by atoms with van der Waals surface area (Å²) in [6, 6.07) is 20.4. The first-order valence-electron chi connectivity index (χ1n) is 6.74. The summed E-state index contributed by atoms with van der Waals surface area (Å²) in [4.78, 5) is 12.1. The monoisotopic (exact) mass is 274 g/mol. The average Bonchev–Trinajstić information content (AvgIpc) is 2.54. The van der Waals surface area contributed by atoms with Crippen molar-refractivity contribution in [3.8, 4) is 5.75 Å². The molecule has 0 spiro atoms. The van der Waals surface area contributed by atoms with E-state index in [1.807, 2.05) is 48.5 Å². The van der Waals surface area contributed by atoms with Crippen LogP contribution in [0.2, 0.25) is 0 Å². The molecule has 2 nitrogen and oxygen atoms in total. The van der Waals surface area contributed by atoms with Crippen molar-refractivity contribution in [2.24, 2.45) is 0 Å². The molecule has 0 aliphatic heterocycles. The zero-order valence-corrected chi connectivity index (χ0v) is 11.4. The van der Waals surface area contributed by atoms with E-state index in [1.165, 1.54) is 6.08 Å². The first-order chi connectivity index (χ1) is 10.3.